The van der Waals surface area contributed by atoms with Crippen LogP contribution in [0.1, 0.15) is 22.2 Å². The van der Waals surface area contributed by atoms with Gasteiger partial charge >= 0.3 is 0 Å². The van der Waals surface area contributed by atoms with Crippen LogP contribution in [-0.4, -0.2) is 53.8 Å². The van der Waals surface area contributed by atoms with Crippen LogP contribution in [0.3, 0.4) is 0 Å². The summed E-state index contributed by atoms with van der Waals surface area (Å²) in [6.07, 6.45) is 0. The molecule has 1 aliphatic rings. The van der Waals surface area contributed by atoms with Gasteiger partial charge in [0.25, 0.3) is 5.91 Å². The van der Waals surface area contributed by atoms with Gasteiger partial charge in [0.05, 0.1) is 11.6 Å². The molecule has 0 radical (unpaired) electrons. The molecule has 1 unspecified atom stereocenters. The summed E-state index contributed by atoms with van der Waals surface area (Å²) in [6, 6.07) is 19.5. The van der Waals surface area contributed by atoms with Crippen molar-refractivity contribution in [3.8, 4) is 0 Å². The molecule has 4 aromatic rings. The zero-order valence-electron chi connectivity index (χ0n) is 18.8. The van der Waals surface area contributed by atoms with Gasteiger partial charge in [0.1, 0.15) is 5.58 Å². The number of halogens is 1. The first-order valence-corrected chi connectivity index (χ1v) is 11.3. The summed E-state index contributed by atoms with van der Waals surface area (Å²) in [5.41, 5.74) is 1.30. The molecule has 0 spiro atoms. The molecular weight excluding hydrogens is 452 g/mol. The van der Waals surface area contributed by atoms with E-state index >= 15 is 0 Å². The lowest BCUT2D eigenvalue weighted by atomic mass is 9.91. The minimum Gasteiger partial charge on any atom is -0.503 e. The minimum atomic E-state index is -0.747. The zero-order chi connectivity index (χ0) is 24.0. The largest absolute Gasteiger partial charge is 0.503 e. The van der Waals surface area contributed by atoms with E-state index in [1.165, 1.54) is 0 Å². The molecule has 0 bridgehead atoms. The Balaban J connectivity index is 1.66. The van der Waals surface area contributed by atoms with E-state index < -0.39 is 23.5 Å². The molecular formula is C27H23ClN2O4. The van der Waals surface area contributed by atoms with Crippen molar-refractivity contribution in [1.82, 2.24) is 9.80 Å². The molecule has 7 heteroatoms. The summed E-state index contributed by atoms with van der Waals surface area (Å²) in [5.74, 6) is -1.59. The predicted octanol–water partition coefficient (Wildman–Crippen LogP) is 5.38. The highest BCUT2D eigenvalue weighted by molar-refractivity contribution is 6.31. The minimum absolute atomic E-state index is 0.0188. The van der Waals surface area contributed by atoms with Crippen LogP contribution in [0.15, 0.2) is 82.5 Å². The second kappa shape index (κ2) is 8.63. The van der Waals surface area contributed by atoms with Crippen LogP contribution in [0, 0.1) is 0 Å². The number of aliphatic hydroxyl groups is 1. The number of hydrogen-bond acceptors (Lipinski definition) is 5. The van der Waals surface area contributed by atoms with Crippen molar-refractivity contribution >= 4 is 45.0 Å². The molecule has 3 aromatic carbocycles. The van der Waals surface area contributed by atoms with Crippen LogP contribution in [0.4, 0.5) is 0 Å². The zero-order valence-corrected chi connectivity index (χ0v) is 19.5. The van der Waals surface area contributed by atoms with Gasteiger partial charge in [-0.2, -0.15) is 0 Å². The Morgan fingerprint density at radius 2 is 1.82 bits per heavy atom. The Hall–Kier alpha value is -3.61. The van der Waals surface area contributed by atoms with Gasteiger partial charge in [0.15, 0.2) is 11.5 Å². The lowest BCUT2D eigenvalue weighted by Gasteiger charge is -2.28. The van der Waals surface area contributed by atoms with Gasteiger partial charge in [-0.05, 0) is 54.7 Å². The standard InChI is InChI=1S/C27H23ClN2O4/c1-29(2)12-13-30-24(20-9-5-7-16-6-3-4-8-19(16)20)23(26(32)27(30)33)25(31)22-15-17-14-18(28)10-11-21(17)34-22/h3-11,14-15,24,32H,12-13H2,1-2H3. The van der Waals surface area contributed by atoms with Gasteiger partial charge in [0, 0.05) is 23.5 Å². The number of Topliss-reactive ketones (excluding diaryl/α,β-unsaturated/α-hetero) is 1. The summed E-state index contributed by atoms with van der Waals surface area (Å²) in [6.45, 7) is 0.918. The molecule has 1 aliphatic heterocycles. The van der Waals surface area contributed by atoms with Crippen LogP contribution >= 0.6 is 11.6 Å². The second-order valence-corrected chi connectivity index (χ2v) is 9.09. The molecule has 1 atom stereocenters. The number of carbonyl (C=O) groups is 2. The van der Waals surface area contributed by atoms with E-state index in [1.54, 1.807) is 29.2 Å². The number of furan rings is 1. The first-order valence-electron chi connectivity index (χ1n) is 11.0. The number of nitrogens with zero attached hydrogens (tertiary/aromatic N) is 2. The number of aliphatic hydroxyl groups excluding tert-OH is 1. The van der Waals surface area contributed by atoms with E-state index in [2.05, 4.69) is 0 Å². The number of carbonyl (C=O) groups excluding carboxylic acids is 2. The average molecular weight is 475 g/mol. The van der Waals surface area contributed by atoms with Crippen LogP contribution in [0.5, 0.6) is 0 Å². The fourth-order valence-electron chi connectivity index (χ4n) is 4.50. The second-order valence-electron chi connectivity index (χ2n) is 8.66. The molecule has 2 heterocycles. The molecule has 172 valence electrons. The highest BCUT2D eigenvalue weighted by Crippen LogP contribution is 2.42. The van der Waals surface area contributed by atoms with Crippen molar-refractivity contribution < 1.29 is 19.1 Å². The van der Waals surface area contributed by atoms with E-state index in [9.17, 15) is 14.7 Å². The number of hydrogen-bond donors (Lipinski definition) is 1. The summed E-state index contributed by atoms with van der Waals surface area (Å²) < 4.78 is 5.79. The summed E-state index contributed by atoms with van der Waals surface area (Å²) >= 11 is 6.08. The maximum Gasteiger partial charge on any atom is 0.290 e. The van der Waals surface area contributed by atoms with E-state index in [-0.39, 0.29) is 11.3 Å². The average Bonchev–Trinajstić information content (AvgIpc) is 3.35. The summed E-state index contributed by atoms with van der Waals surface area (Å²) in [5, 5.41) is 14.0. The number of fused-ring (bicyclic) bond motifs is 2. The number of benzene rings is 3. The highest BCUT2D eigenvalue weighted by Gasteiger charge is 2.44. The third-order valence-electron chi connectivity index (χ3n) is 6.16. The maximum atomic E-state index is 13.7. The third-order valence-corrected chi connectivity index (χ3v) is 6.39. The molecule has 1 aromatic heterocycles. The molecule has 6 nitrogen and oxygen atoms in total. The fraction of sp³-hybridized carbons (Fsp3) is 0.185. The Morgan fingerprint density at radius 1 is 1.06 bits per heavy atom. The van der Waals surface area contributed by atoms with E-state index in [4.69, 9.17) is 16.0 Å². The highest BCUT2D eigenvalue weighted by atomic mass is 35.5. The Bertz CT molecular complexity index is 1460. The Kier molecular flexibility index (Phi) is 5.63. The first-order chi connectivity index (χ1) is 16.3. The summed E-state index contributed by atoms with van der Waals surface area (Å²) in [7, 11) is 3.82. The lowest BCUT2D eigenvalue weighted by molar-refractivity contribution is -0.129. The van der Waals surface area contributed by atoms with Crippen LogP contribution in [-0.2, 0) is 4.79 Å². The van der Waals surface area contributed by atoms with Gasteiger partial charge in [0.2, 0.25) is 5.78 Å². The van der Waals surface area contributed by atoms with Gasteiger partial charge in [-0.15, -0.1) is 0 Å². The summed E-state index contributed by atoms with van der Waals surface area (Å²) in [4.78, 5) is 30.4. The number of amides is 1. The third kappa shape index (κ3) is 3.75. The van der Waals surface area contributed by atoms with E-state index in [0.717, 1.165) is 16.3 Å². The molecule has 0 saturated carbocycles. The quantitative estimate of drug-likeness (QED) is 0.380. The number of ketones is 1. The number of likely N-dealkylation sites (N-methyl/N-ethyl adjacent to an activating group) is 1. The van der Waals surface area contributed by atoms with Crippen LogP contribution < -0.4 is 0 Å². The van der Waals surface area contributed by atoms with Crippen molar-refractivity contribution in [1.29, 1.82) is 0 Å². The van der Waals surface area contributed by atoms with Gasteiger partial charge in [-0.3, -0.25) is 9.59 Å². The fourth-order valence-corrected chi connectivity index (χ4v) is 4.68. The predicted molar refractivity (Wildman–Crippen MR) is 132 cm³/mol. The Morgan fingerprint density at radius 3 is 2.62 bits per heavy atom. The first kappa shape index (κ1) is 22.2. The van der Waals surface area contributed by atoms with Crippen molar-refractivity contribution in [2.45, 2.75) is 6.04 Å². The van der Waals surface area contributed by atoms with Crippen LogP contribution in [0.25, 0.3) is 21.7 Å². The van der Waals surface area contributed by atoms with Gasteiger partial charge < -0.3 is 19.3 Å². The van der Waals surface area contributed by atoms with Gasteiger partial charge in [-0.25, -0.2) is 0 Å². The molecule has 0 fully saturated rings. The molecule has 1 N–H and O–H groups in total. The smallest absolute Gasteiger partial charge is 0.290 e. The topological polar surface area (TPSA) is 74.0 Å². The molecule has 0 aliphatic carbocycles. The SMILES string of the molecule is CN(C)CCN1C(=O)C(O)=C(C(=O)c2cc3cc(Cl)ccc3o2)C1c1cccc2ccccc12. The lowest BCUT2D eigenvalue weighted by Crippen LogP contribution is -2.36. The molecule has 34 heavy (non-hydrogen) atoms. The van der Waals surface area contributed by atoms with E-state index in [0.29, 0.717) is 29.1 Å². The van der Waals surface area contributed by atoms with Gasteiger partial charge in [-0.1, -0.05) is 54.1 Å². The normalized spacial score (nSPS) is 16.4. The monoisotopic (exact) mass is 474 g/mol. The molecule has 5 rings (SSSR count). The maximum absolute atomic E-state index is 13.7. The molecule has 1 amide bonds. The Labute approximate surface area is 201 Å². The molecule has 0 saturated heterocycles. The van der Waals surface area contributed by atoms with E-state index in [1.807, 2.05) is 61.5 Å². The van der Waals surface area contributed by atoms with Crippen molar-refractivity contribution in [2.75, 3.05) is 27.2 Å². The number of rotatable bonds is 6. The van der Waals surface area contributed by atoms with Crippen molar-refractivity contribution in [3.63, 3.8) is 0 Å². The van der Waals surface area contributed by atoms with Crippen molar-refractivity contribution in [2.24, 2.45) is 0 Å². The van der Waals surface area contributed by atoms with Crippen molar-refractivity contribution in [3.05, 3.63) is 94.4 Å². The van der Waals surface area contributed by atoms with Crippen LogP contribution in [0.2, 0.25) is 5.02 Å².